The highest BCUT2D eigenvalue weighted by Gasteiger charge is 2.22. The van der Waals surface area contributed by atoms with E-state index >= 15 is 0 Å². The van der Waals surface area contributed by atoms with E-state index in [1.807, 2.05) is 20.8 Å². The molecule has 0 aromatic heterocycles. The molecule has 0 atom stereocenters. The average molecular weight is 227 g/mol. The van der Waals surface area contributed by atoms with E-state index in [1.54, 1.807) is 0 Å². The van der Waals surface area contributed by atoms with E-state index in [4.69, 9.17) is 0 Å². The number of carbonyl (C=O) groups is 2. The Morgan fingerprint density at radius 2 is 1.69 bits per heavy atom. The summed E-state index contributed by atoms with van der Waals surface area (Å²) in [5, 5.41) is 8.47. The zero-order valence-electron chi connectivity index (χ0n) is 10.2. The van der Waals surface area contributed by atoms with Crippen molar-refractivity contribution >= 4 is 11.8 Å². The lowest BCUT2D eigenvalue weighted by Crippen LogP contribution is -2.46. The molecule has 16 heavy (non-hydrogen) atoms. The van der Waals surface area contributed by atoms with Crippen molar-refractivity contribution in [3.8, 4) is 0 Å². The molecule has 0 bridgehead atoms. The summed E-state index contributed by atoms with van der Waals surface area (Å²) in [6.45, 7) is 6.14. The molecule has 1 rings (SSSR count). The van der Waals surface area contributed by atoms with Gasteiger partial charge in [-0.2, -0.15) is 0 Å². The van der Waals surface area contributed by atoms with E-state index in [0.29, 0.717) is 6.04 Å². The van der Waals surface area contributed by atoms with Gasteiger partial charge in [-0.15, -0.1) is 0 Å². The Morgan fingerprint density at radius 1 is 1.12 bits per heavy atom. The van der Waals surface area contributed by atoms with Gasteiger partial charge < -0.3 is 10.6 Å². The normalized spacial score (nSPS) is 15.7. The van der Waals surface area contributed by atoms with E-state index in [9.17, 15) is 9.59 Å². The molecule has 1 aliphatic carbocycles. The third-order valence-corrected chi connectivity index (χ3v) is 2.03. The number of nitrogens with one attached hydrogen (secondary N) is 3. The van der Waals surface area contributed by atoms with Gasteiger partial charge in [0.15, 0.2) is 0 Å². The van der Waals surface area contributed by atoms with Gasteiger partial charge in [-0.05, 0) is 33.6 Å². The van der Waals surface area contributed by atoms with E-state index in [2.05, 4.69) is 16.0 Å². The number of hydrogen-bond acceptors (Lipinski definition) is 3. The Balaban J connectivity index is 2.05. The Kier molecular flexibility index (Phi) is 4.29. The van der Waals surface area contributed by atoms with Crippen molar-refractivity contribution in [2.24, 2.45) is 0 Å². The molecule has 5 heteroatoms. The molecule has 1 fully saturated rings. The van der Waals surface area contributed by atoms with Crippen LogP contribution < -0.4 is 16.0 Å². The lowest BCUT2D eigenvalue weighted by atomic mass is 10.1. The van der Waals surface area contributed by atoms with Crippen molar-refractivity contribution in [1.29, 1.82) is 0 Å². The van der Waals surface area contributed by atoms with Crippen molar-refractivity contribution in [2.75, 3.05) is 13.1 Å². The van der Waals surface area contributed by atoms with Crippen LogP contribution in [0.3, 0.4) is 0 Å². The maximum atomic E-state index is 11.4. The van der Waals surface area contributed by atoms with E-state index < -0.39 is 0 Å². The Labute approximate surface area is 96.4 Å². The highest BCUT2D eigenvalue weighted by atomic mass is 16.2. The highest BCUT2D eigenvalue weighted by molar-refractivity contribution is 5.81. The van der Waals surface area contributed by atoms with Crippen LogP contribution in [0.2, 0.25) is 0 Å². The minimum absolute atomic E-state index is 0.0361. The van der Waals surface area contributed by atoms with Gasteiger partial charge in [0.05, 0.1) is 13.1 Å². The zero-order valence-corrected chi connectivity index (χ0v) is 10.2. The zero-order chi connectivity index (χ0) is 12.2. The van der Waals surface area contributed by atoms with Crippen molar-refractivity contribution in [1.82, 2.24) is 16.0 Å². The van der Waals surface area contributed by atoms with Crippen LogP contribution in [-0.4, -0.2) is 36.5 Å². The Hall–Kier alpha value is -1.10. The first kappa shape index (κ1) is 13.0. The van der Waals surface area contributed by atoms with Crippen LogP contribution in [-0.2, 0) is 9.59 Å². The maximum absolute atomic E-state index is 11.4. The summed E-state index contributed by atoms with van der Waals surface area (Å²) in [4.78, 5) is 22.6. The summed E-state index contributed by atoms with van der Waals surface area (Å²) < 4.78 is 0. The fourth-order valence-corrected chi connectivity index (χ4v) is 1.26. The molecular formula is C11H21N3O2. The number of rotatable bonds is 5. The van der Waals surface area contributed by atoms with Crippen molar-refractivity contribution < 1.29 is 9.59 Å². The summed E-state index contributed by atoms with van der Waals surface area (Å²) in [6.07, 6.45) is 2.16. The third-order valence-electron chi connectivity index (χ3n) is 2.03. The smallest absolute Gasteiger partial charge is 0.234 e. The summed E-state index contributed by atoms with van der Waals surface area (Å²) >= 11 is 0. The molecule has 0 saturated heterocycles. The van der Waals surface area contributed by atoms with Gasteiger partial charge in [-0.1, -0.05) is 0 Å². The van der Waals surface area contributed by atoms with Gasteiger partial charge in [-0.25, -0.2) is 0 Å². The lowest BCUT2D eigenvalue weighted by Gasteiger charge is -2.20. The molecule has 0 unspecified atom stereocenters. The molecule has 3 N–H and O–H groups in total. The first-order chi connectivity index (χ1) is 7.37. The monoisotopic (exact) mass is 227 g/mol. The van der Waals surface area contributed by atoms with Crippen LogP contribution in [0.5, 0.6) is 0 Å². The number of carbonyl (C=O) groups excluding carboxylic acids is 2. The maximum Gasteiger partial charge on any atom is 0.234 e. The lowest BCUT2D eigenvalue weighted by molar-refractivity contribution is -0.122. The molecule has 0 aromatic carbocycles. The molecule has 0 spiro atoms. The second-order valence-corrected chi connectivity index (χ2v) is 5.24. The SMILES string of the molecule is CC(C)(C)NC(=O)CNCC(=O)NC1CC1. The predicted octanol–water partition coefficient (Wildman–Crippen LogP) is -0.231. The predicted molar refractivity (Wildman–Crippen MR) is 61.9 cm³/mol. The van der Waals surface area contributed by atoms with E-state index in [-0.39, 0.29) is 30.4 Å². The average Bonchev–Trinajstić information content (AvgIpc) is 2.84. The first-order valence-corrected chi connectivity index (χ1v) is 5.68. The summed E-state index contributed by atoms with van der Waals surface area (Å²) in [7, 11) is 0. The van der Waals surface area contributed by atoms with Crippen molar-refractivity contribution in [2.45, 2.75) is 45.2 Å². The van der Waals surface area contributed by atoms with Gasteiger partial charge in [0, 0.05) is 11.6 Å². The Bertz CT molecular complexity index is 267. The molecule has 0 aromatic rings. The van der Waals surface area contributed by atoms with Gasteiger partial charge >= 0.3 is 0 Å². The Morgan fingerprint density at radius 3 is 2.19 bits per heavy atom. The van der Waals surface area contributed by atoms with Gasteiger partial charge in [-0.3, -0.25) is 14.9 Å². The largest absolute Gasteiger partial charge is 0.352 e. The van der Waals surface area contributed by atoms with E-state index in [0.717, 1.165) is 12.8 Å². The number of hydrogen-bond donors (Lipinski definition) is 3. The van der Waals surface area contributed by atoms with Crippen LogP contribution in [0.1, 0.15) is 33.6 Å². The molecular weight excluding hydrogens is 206 g/mol. The minimum atomic E-state index is -0.227. The van der Waals surface area contributed by atoms with Gasteiger partial charge in [0.1, 0.15) is 0 Å². The standard InChI is InChI=1S/C11H21N3O2/c1-11(2,3)14-10(16)7-12-6-9(15)13-8-4-5-8/h8,12H,4-7H2,1-3H3,(H,13,15)(H,14,16). The summed E-state index contributed by atoms with van der Waals surface area (Å²) in [6, 6.07) is 0.373. The molecule has 5 nitrogen and oxygen atoms in total. The van der Waals surface area contributed by atoms with Crippen LogP contribution in [0.4, 0.5) is 0 Å². The van der Waals surface area contributed by atoms with Crippen LogP contribution in [0.15, 0.2) is 0 Å². The highest BCUT2D eigenvalue weighted by Crippen LogP contribution is 2.18. The second-order valence-electron chi connectivity index (χ2n) is 5.24. The summed E-state index contributed by atoms with van der Waals surface area (Å²) in [5.41, 5.74) is -0.227. The third kappa shape index (κ3) is 6.40. The fourth-order valence-electron chi connectivity index (χ4n) is 1.26. The molecule has 0 aliphatic heterocycles. The van der Waals surface area contributed by atoms with Crippen molar-refractivity contribution in [3.05, 3.63) is 0 Å². The number of amides is 2. The van der Waals surface area contributed by atoms with Gasteiger partial charge in [0.25, 0.3) is 0 Å². The molecule has 1 saturated carbocycles. The van der Waals surface area contributed by atoms with Gasteiger partial charge in [0.2, 0.25) is 11.8 Å². The molecule has 1 aliphatic rings. The second kappa shape index (κ2) is 5.30. The molecule has 0 heterocycles. The quantitative estimate of drug-likeness (QED) is 0.607. The minimum Gasteiger partial charge on any atom is -0.352 e. The first-order valence-electron chi connectivity index (χ1n) is 5.68. The van der Waals surface area contributed by atoms with Crippen molar-refractivity contribution in [3.63, 3.8) is 0 Å². The summed E-state index contributed by atoms with van der Waals surface area (Å²) in [5.74, 6) is -0.127. The van der Waals surface area contributed by atoms with Crippen LogP contribution in [0.25, 0.3) is 0 Å². The topological polar surface area (TPSA) is 70.2 Å². The van der Waals surface area contributed by atoms with Crippen LogP contribution >= 0.6 is 0 Å². The molecule has 2 amide bonds. The molecule has 0 radical (unpaired) electrons. The van der Waals surface area contributed by atoms with Crippen LogP contribution in [0, 0.1) is 0 Å². The van der Waals surface area contributed by atoms with E-state index in [1.165, 1.54) is 0 Å². The fraction of sp³-hybridized carbons (Fsp3) is 0.818. The molecule has 92 valence electrons.